The second-order valence-electron chi connectivity index (χ2n) is 6.69. The Morgan fingerprint density at radius 2 is 1.96 bits per heavy atom. The smallest absolute Gasteiger partial charge is 0.261 e. The Balaban J connectivity index is 1.67. The molecule has 2 aromatic carbocycles. The van der Waals surface area contributed by atoms with E-state index in [1.807, 2.05) is 0 Å². The number of benzene rings is 2. The van der Waals surface area contributed by atoms with E-state index >= 15 is 0 Å². The number of fused-ring (bicyclic) bond motifs is 2. The van der Waals surface area contributed by atoms with Gasteiger partial charge in [-0.1, -0.05) is 0 Å². The van der Waals surface area contributed by atoms with E-state index in [1.165, 1.54) is 7.11 Å². The number of rotatable bonds is 4. The Kier molecular flexibility index (Phi) is 4.73. The van der Waals surface area contributed by atoms with Crippen LogP contribution in [-0.2, 0) is 13.0 Å². The first-order valence-electron chi connectivity index (χ1n) is 9.17. The van der Waals surface area contributed by atoms with Crippen molar-refractivity contribution in [2.75, 3.05) is 19.5 Å². The Bertz CT molecular complexity index is 1120. The first kappa shape index (κ1) is 18.0. The number of carbonyl (C=O) groups is 1. The number of hydrogen-bond donors (Lipinski definition) is 1. The van der Waals surface area contributed by atoms with Gasteiger partial charge in [-0.05, 0) is 43.2 Å². The predicted molar refractivity (Wildman–Crippen MR) is 106 cm³/mol. The van der Waals surface area contributed by atoms with E-state index in [9.17, 15) is 9.59 Å². The van der Waals surface area contributed by atoms with Gasteiger partial charge in [0.15, 0.2) is 0 Å². The van der Waals surface area contributed by atoms with Crippen molar-refractivity contribution in [1.82, 2.24) is 9.55 Å². The largest absolute Gasteiger partial charge is 0.497 e. The highest BCUT2D eigenvalue weighted by atomic mass is 16.5. The summed E-state index contributed by atoms with van der Waals surface area (Å²) in [5.41, 5.74) is 1.47. The van der Waals surface area contributed by atoms with Crippen molar-refractivity contribution >= 4 is 22.5 Å². The molecule has 0 spiro atoms. The van der Waals surface area contributed by atoms with Crippen molar-refractivity contribution < 1.29 is 14.3 Å². The van der Waals surface area contributed by atoms with Crippen LogP contribution in [0.5, 0.6) is 11.5 Å². The number of carbonyl (C=O) groups excluding carboxylic acids is 1. The lowest BCUT2D eigenvalue weighted by Gasteiger charge is -2.18. The van der Waals surface area contributed by atoms with Gasteiger partial charge in [0, 0.05) is 24.6 Å². The molecule has 1 aliphatic rings. The maximum atomic E-state index is 12.7. The van der Waals surface area contributed by atoms with Gasteiger partial charge >= 0.3 is 0 Å². The maximum absolute atomic E-state index is 12.7. The highest BCUT2D eigenvalue weighted by Gasteiger charge is 2.17. The molecule has 0 saturated carbocycles. The molecule has 0 atom stereocenters. The zero-order chi connectivity index (χ0) is 19.7. The van der Waals surface area contributed by atoms with Gasteiger partial charge in [0.1, 0.15) is 17.3 Å². The number of hydrogen-bond acceptors (Lipinski definition) is 5. The number of nitrogens with one attached hydrogen (secondary N) is 1. The lowest BCUT2D eigenvalue weighted by atomic mass is 10.1. The minimum atomic E-state index is -0.301. The van der Waals surface area contributed by atoms with Gasteiger partial charge in [-0.3, -0.25) is 14.2 Å². The molecular formula is C21H21N3O4. The van der Waals surface area contributed by atoms with Gasteiger partial charge in [-0.25, -0.2) is 4.98 Å². The van der Waals surface area contributed by atoms with Crippen LogP contribution in [0.25, 0.3) is 10.9 Å². The van der Waals surface area contributed by atoms with Crippen LogP contribution in [0, 0.1) is 0 Å². The molecule has 1 aliphatic heterocycles. The third-order valence-electron chi connectivity index (χ3n) is 4.99. The first-order chi connectivity index (χ1) is 13.6. The highest BCUT2D eigenvalue weighted by molar-refractivity contribution is 6.06. The molecule has 0 unspecified atom stereocenters. The molecule has 4 rings (SSSR count). The Labute approximate surface area is 161 Å². The predicted octanol–water partition coefficient (Wildman–Crippen LogP) is 3.00. The third kappa shape index (κ3) is 3.19. The van der Waals surface area contributed by atoms with Crippen LogP contribution in [0.15, 0.2) is 41.2 Å². The molecule has 7 heteroatoms. The van der Waals surface area contributed by atoms with Gasteiger partial charge in [-0.2, -0.15) is 0 Å². The number of aromatic nitrogens is 2. The zero-order valence-corrected chi connectivity index (χ0v) is 15.8. The average molecular weight is 379 g/mol. The Morgan fingerprint density at radius 3 is 2.75 bits per heavy atom. The van der Waals surface area contributed by atoms with E-state index in [-0.39, 0.29) is 11.5 Å². The summed E-state index contributed by atoms with van der Waals surface area (Å²) in [6.07, 6.45) is 2.80. The fourth-order valence-corrected chi connectivity index (χ4v) is 3.48. The van der Waals surface area contributed by atoms with E-state index < -0.39 is 0 Å². The number of anilines is 1. The topological polar surface area (TPSA) is 82.5 Å². The van der Waals surface area contributed by atoms with Gasteiger partial charge in [0.2, 0.25) is 0 Å². The molecule has 1 aromatic heterocycles. The van der Waals surface area contributed by atoms with Crippen LogP contribution in [0.4, 0.5) is 5.69 Å². The summed E-state index contributed by atoms with van der Waals surface area (Å²) in [5, 5.41) is 3.37. The Morgan fingerprint density at radius 1 is 1.11 bits per heavy atom. The van der Waals surface area contributed by atoms with Gasteiger partial charge in [0.05, 0.1) is 30.8 Å². The lowest BCUT2D eigenvalue weighted by molar-refractivity contribution is 0.102. The van der Waals surface area contributed by atoms with Crippen molar-refractivity contribution in [3.8, 4) is 11.5 Å². The van der Waals surface area contributed by atoms with Crippen molar-refractivity contribution in [2.45, 2.75) is 25.8 Å². The van der Waals surface area contributed by atoms with Gasteiger partial charge in [-0.15, -0.1) is 0 Å². The summed E-state index contributed by atoms with van der Waals surface area (Å²) in [4.78, 5) is 30.1. The molecule has 0 aliphatic carbocycles. The normalized spacial score (nSPS) is 13.1. The second-order valence-corrected chi connectivity index (χ2v) is 6.69. The fraction of sp³-hybridized carbons (Fsp3) is 0.286. The third-order valence-corrected chi connectivity index (χ3v) is 4.99. The molecule has 144 valence electrons. The van der Waals surface area contributed by atoms with E-state index in [4.69, 9.17) is 9.47 Å². The quantitative estimate of drug-likeness (QED) is 0.754. The summed E-state index contributed by atoms with van der Waals surface area (Å²) in [6.45, 7) is 0.705. The van der Waals surface area contributed by atoms with E-state index in [2.05, 4.69) is 10.3 Å². The fourth-order valence-electron chi connectivity index (χ4n) is 3.48. The van der Waals surface area contributed by atoms with Crippen molar-refractivity contribution in [1.29, 1.82) is 0 Å². The average Bonchev–Trinajstić information content (AvgIpc) is 2.73. The first-order valence-corrected chi connectivity index (χ1v) is 9.17. The summed E-state index contributed by atoms with van der Waals surface area (Å²) < 4.78 is 12.2. The SMILES string of the molecule is COc1ccc(NC(=O)c2ccc3c(=O)n4c(nc3c2)CCCC4)c(OC)c1. The highest BCUT2D eigenvalue weighted by Crippen LogP contribution is 2.29. The van der Waals surface area contributed by atoms with Crippen LogP contribution < -0.4 is 20.3 Å². The molecule has 3 aromatic rings. The molecule has 0 saturated heterocycles. The number of amides is 1. The molecule has 1 N–H and O–H groups in total. The lowest BCUT2D eigenvalue weighted by Crippen LogP contribution is -2.28. The maximum Gasteiger partial charge on any atom is 0.261 e. The van der Waals surface area contributed by atoms with Gasteiger partial charge in [0.25, 0.3) is 11.5 Å². The minimum Gasteiger partial charge on any atom is -0.497 e. The molecule has 28 heavy (non-hydrogen) atoms. The second kappa shape index (κ2) is 7.34. The van der Waals surface area contributed by atoms with Gasteiger partial charge < -0.3 is 14.8 Å². The molecular weight excluding hydrogens is 358 g/mol. The van der Waals surface area contributed by atoms with Crippen LogP contribution in [-0.4, -0.2) is 29.7 Å². The standard InChI is InChI=1S/C21H21N3O4/c1-27-14-7-9-16(18(12-14)28-2)23-20(25)13-6-8-15-17(11-13)22-19-5-3-4-10-24(19)21(15)26/h6-9,11-12H,3-5,10H2,1-2H3,(H,23,25). The number of ether oxygens (including phenoxy) is 2. The van der Waals surface area contributed by atoms with Crippen LogP contribution in [0.2, 0.25) is 0 Å². The van der Waals surface area contributed by atoms with E-state index in [0.717, 1.165) is 25.1 Å². The molecule has 2 heterocycles. The monoisotopic (exact) mass is 379 g/mol. The molecule has 0 fully saturated rings. The molecule has 7 nitrogen and oxygen atoms in total. The summed E-state index contributed by atoms with van der Waals surface area (Å²) in [5.74, 6) is 1.62. The molecule has 1 amide bonds. The van der Waals surface area contributed by atoms with Crippen molar-refractivity contribution in [2.24, 2.45) is 0 Å². The number of nitrogens with zero attached hydrogens (tertiary/aromatic N) is 2. The van der Waals surface area contributed by atoms with Crippen LogP contribution >= 0.6 is 0 Å². The van der Waals surface area contributed by atoms with E-state index in [0.29, 0.717) is 40.2 Å². The number of methoxy groups -OCH3 is 2. The Hall–Kier alpha value is -3.35. The number of aryl methyl sites for hydroxylation is 1. The summed E-state index contributed by atoms with van der Waals surface area (Å²) in [7, 11) is 3.09. The summed E-state index contributed by atoms with van der Waals surface area (Å²) in [6, 6.07) is 10.1. The molecule has 0 radical (unpaired) electrons. The summed E-state index contributed by atoms with van der Waals surface area (Å²) >= 11 is 0. The van der Waals surface area contributed by atoms with E-state index in [1.54, 1.807) is 48.1 Å². The van der Waals surface area contributed by atoms with Crippen molar-refractivity contribution in [3.63, 3.8) is 0 Å². The van der Waals surface area contributed by atoms with Crippen molar-refractivity contribution in [3.05, 3.63) is 58.1 Å². The molecule has 0 bridgehead atoms. The van der Waals surface area contributed by atoms with Crippen LogP contribution in [0.1, 0.15) is 29.0 Å². The van der Waals surface area contributed by atoms with Crippen LogP contribution in [0.3, 0.4) is 0 Å². The zero-order valence-electron chi connectivity index (χ0n) is 15.8. The minimum absolute atomic E-state index is 0.0384.